The molecule has 0 unspecified atom stereocenters. The van der Waals surface area contributed by atoms with Crippen LogP contribution in [-0.4, -0.2) is 21.8 Å². The first kappa shape index (κ1) is 22.1. The van der Waals surface area contributed by atoms with Crippen LogP contribution in [0.3, 0.4) is 0 Å². The van der Waals surface area contributed by atoms with Gasteiger partial charge in [0.2, 0.25) is 0 Å². The topological polar surface area (TPSA) is 54.4 Å². The van der Waals surface area contributed by atoms with Crippen LogP contribution in [-0.2, 0) is 15.5 Å². The maximum Gasteiger partial charge on any atom is 0.294 e. The van der Waals surface area contributed by atoms with E-state index in [-0.39, 0.29) is 10.3 Å². The van der Waals surface area contributed by atoms with Gasteiger partial charge in [0, 0.05) is 0 Å². The molecule has 1 aromatic carbocycles. The zero-order valence-electron chi connectivity index (χ0n) is 16.7. The molecule has 0 saturated carbocycles. The van der Waals surface area contributed by atoms with Crippen molar-refractivity contribution in [3.8, 4) is 0 Å². The third-order valence-corrected chi connectivity index (χ3v) is 9.12. The maximum atomic E-state index is 12.3. The van der Waals surface area contributed by atoms with Crippen molar-refractivity contribution in [1.29, 1.82) is 0 Å². The second-order valence-electron chi connectivity index (χ2n) is 8.64. The van der Waals surface area contributed by atoms with Gasteiger partial charge in [-0.3, -0.25) is 4.55 Å². The van der Waals surface area contributed by atoms with Crippen LogP contribution in [0.4, 0.5) is 0 Å². The lowest BCUT2D eigenvalue weighted by Crippen LogP contribution is -2.42. The Morgan fingerprint density at radius 2 is 1.60 bits per heavy atom. The van der Waals surface area contributed by atoms with Gasteiger partial charge in [0.05, 0.1) is 8.80 Å². The molecule has 0 atom stereocenters. The number of hydrogen-bond acceptors (Lipinski definition) is 2. The third kappa shape index (κ3) is 5.80. The van der Waals surface area contributed by atoms with Crippen molar-refractivity contribution in [2.75, 3.05) is 0 Å². The summed E-state index contributed by atoms with van der Waals surface area (Å²) in [6.07, 6.45) is 1.53. The predicted octanol–water partition coefficient (Wildman–Crippen LogP) is 4.89. The van der Waals surface area contributed by atoms with Crippen molar-refractivity contribution < 1.29 is 13.0 Å². The summed E-state index contributed by atoms with van der Waals surface area (Å²) in [5.41, 5.74) is 1.33. The molecule has 0 heterocycles. The van der Waals surface area contributed by atoms with Crippen LogP contribution >= 0.6 is 0 Å². The Hall–Kier alpha value is -0.913. The molecule has 0 amide bonds. The van der Waals surface area contributed by atoms with Crippen molar-refractivity contribution in [2.45, 2.75) is 70.9 Å². The highest BCUT2D eigenvalue weighted by atomic mass is 32.2. The van der Waals surface area contributed by atoms with Gasteiger partial charge in [-0.05, 0) is 33.6 Å². The van der Waals surface area contributed by atoms with Gasteiger partial charge in [-0.1, -0.05) is 85.3 Å². The largest absolute Gasteiger partial charge is 0.294 e. The van der Waals surface area contributed by atoms with E-state index in [0.29, 0.717) is 17.4 Å². The van der Waals surface area contributed by atoms with E-state index in [1.807, 2.05) is 6.07 Å². The van der Waals surface area contributed by atoms with Crippen molar-refractivity contribution in [1.82, 2.24) is 0 Å². The quantitative estimate of drug-likeness (QED) is 0.540. The van der Waals surface area contributed by atoms with Crippen LogP contribution in [0.2, 0.25) is 12.1 Å². The summed E-state index contributed by atoms with van der Waals surface area (Å²) in [4.78, 5) is 0.0881. The average molecular weight is 382 g/mol. The summed E-state index contributed by atoms with van der Waals surface area (Å²) in [5.74, 6) is 0.948. The summed E-state index contributed by atoms with van der Waals surface area (Å²) >= 11 is 0. The maximum absolute atomic E-state index is 12.3. The van der Waals surface area contributed by atoms with Gasteiger partial charge in [0.25, 0.3) is 10.1 Å². The SMILES string of the molecule is C=Cc1ccc(C(C)(C)C)c([Si](CC(C)C)CC(C)C)c1S(=O)(=O)O. The summed E-state index contributed by atoms with van der Waals surface area (Å²) < 4.78 is 34.7. The Morgan fingerprint density at radius 3 is 1.92 bits per heavy atom. The third-order valence-electron chi connectivity index (χ3n) is 4.14. The Labute approximate surface area is 155 Å². The van der Waals surface area contributed by atoms with Crippen LogP contribution in [0.25, 0.3) is 6.08 Å². The first-order chi connectivity index (χ1) is 11.3. The molecular formula is C20H33O3SSi. The van der Waals surface area contributed by atoms with E-state index in [4.69, 9.17) is 0 Å². The lowest BCUT2D eigenvalue weighted by molar-refractivity contribution is 0.483. The average Bonchev–Trinajstić information content (AvgIpc) is 2.41. The molecule has 1 radical (unpaired) electrons. The molecule has 0 bridgehead atoms. The Morgan fingerprint density at radius 1 is 1.12 bits per heavy atom. The molecule has 141 valence electrons. The van der Waals surface area contributed by atoms with Gasteiger partial charge in [-0.15, -0.1) is 0 Å². The van der Waals surface area contributed by atoms with E-state index >= 15 is 0 Å². The molecule has 0 fully saturated rings. The van der Waals surface area contributed by atoms with Gasteiger partial charge < -0.3 is 0 Å². The second kappa shape index (κ2) is 8.19. The van der Waals surface area contributed by atoms with E-state index in [2.05, 4.69) is 55.0 Å². The molecule has 5 heteroatoms. The van der Waals surface area contributed by atoms with Crippen LogP contribution in [0.5, 0.6) is 0 Å². The first-order valence-electron chi connectivity index (χ1n) is 8.91. The molecule has 0 aliphatic carbocycles. The zero-order chi connectivity index (χ0) is 19.6. The molecule has 0 aromatic heterocycles. The monoisotopic (exact) mass is 381 g/mol. The van der Waals surface area contributed by atoms with E-state index in [9.17, 15) is 13.0 Å². The molecule has 0 spiro atoms. The van der Waals surface area contributed by atoms with E-state index in [0.717, 1.165) is 22.8 Å². The van der Waals surface area contributed by atoms with Crippen LogP contribution in [0.1, 0.15) is 59.6 Å². The molecule has 0 aliphatic rings. The van der Waals surface area contributed by atoms with Gasteiger partial charge in [0.15, 0.2) is 0 Å². The smallest absolute Gasteiger partial charge is 0.282 e. The van der Waals surface area contributed by atoms with Gasteiger partial charge >= 0.3 is 0 Å². The first-order valence-corrected chi connectivity index (χ1v) is 12.3. The summed E-state index contributed by atoms with van der Waals surface area (Å²) in [5, 5.41) is 0.875. The molecule has 0 aliphatic heterocycles. The molecule has 1 N–H and O–H groups in total. The zero-order valence-corrected chi connectivity index (χ0v) is 18.5. The minimum absolute atomic E-state index is 0.0881. The summed E-state index contributed by atoms with van der Waals surface area (Å²) in [7, 11) is -5.49. The minimum Gasteiger partial charge on any atom is -0.282 e. The fourth-order valence-corrected chi connectivity index (χ4v) is 8.77. The summed E-state index contributed by atoms with van der Waals surface area (Å²) in [6.45, 7) is 18.7. The number of hydrogen-bond donors (Lipinski definition) is 1. The van der Waals surface area contributed by atoms with Crippen LogP contribution < -0.4 is 5.19 Å². The van der Waals surface area contributed by atoms with Crippen LogP contribution in [0.15, 0.2) is 23.6 Å². The highest BCUT2D eigenvalue weighted by molar-refractivity contribution is 7.86. The Balaban J connectivity index is 3.90. The van der Waals surface area contributed by atoms with Crippen molar-refractivity contribution in [3.05, 3.63) is 29.8 Å². The standard InChI is InChI=1S/C20H33O3SSi/c1-9-16-10-11-17(20(6,7)8)19(18(16)24(21,22)23)25(12-14(2)3)13-15(4)5/h9-11,14-15H,1,12-13H2,2-8H3,(H,21,22,23). The van der Waals surface area contributed by atoms with Gasteiger partial charge in [-0.2, -0.15) is 8.42 Å². The normalized spacial score (nSPS) is 13.1. The van der Waals surface area contributed by atoms with E-state index in [1.165, 1.54) is 6.08 Å². The van der Waals surface area contributed by atoms with E-state index in [1.54, 1.807) is 6.07 Å². The Bertz CT molecular complexity index is 703. The van der Waals surface area contributed by atoms with Crippen molar-refractivity contribution in [2.24, 2.45) is 11.8 Å². The molecule has 25 heavy (non-hydrogen) atoms. The van der Waals surface area contributed by atoms with Crippen molar-refractivity contribution in [3.63, 3.8) is 0 Å². The number of rotatable bonds is 7. The van der Waals surface area contributed by atoms with E-state index < -0.39 is 18.9 Å². The molecular weight excluding hydrogens is 348 g/mol. The summed E-state index contributed by atoms with van der Waals surface area (Å²) in [6, 6.07) is 5.75. The lowest BCUT2D eigenvalue weighted by Gasteiger charge is -2.31. The second-order valence-corrected chi connectivity index (χ2v) is 12.5. The van der Waals surface area contributed by atoms with Gasteiger partial charge in [0.1, 0.15) is 4.90 Å². The van der Waals surface area contributed by atoms with Gasteiger partial charge in [-0.25, -0.2) is 0 Å². The fraction of sp³-hybridized carbons (Fsp3) is 0.600. The molecule has 1 aromatic rings. The lowest BCUT2D eigenvalue weighted by atomic mass is 9.86. The molecule has 0 saturated heterocycles. The number of benzene rings is 1. The van der Waals surface area contributed by atoms with Crippen LogP contribution in [0, 0.1) is 11.8 Å². The molecule has 3 nitrogen and oxygen atoms in total. The molecule has 1 rings (SSSR count). The highest BCUT2D eigenvalue weighted by Gasteiger charge is 2.32. The minimum atomic E-state index is -4.32. The Kier molecular flexibility index (Phi) is 7.25. The fourth-order valence-electron chi connectivity index (χ4n) is 3.29. The van der Waals surface area contributed by atoms with Crippen molar-refractivity contribution >= 4 is 30.2 Å². The predicted molar refractivity (Wildman–Crippen MR) is 110 cm³/mol. The highest BCUT2D eigenvalue weighted by Crippen LogP contribution is 2.29.